The summed E-state index contributed by atoms with van der Waals surface area (Å²) in [6, 6.07) is 31.3. The average molecular weight is 285 g/mol. The largest absolute Gasteiger partial charge is 0.353 e. The van der Waals surface area contributed by atoms with E-state index < -0.39 is 0 Å². The second-order valence-corrected chi connectivity index (χ2v) is 5.95. The van der Waals surface area contributed by atoms with Crippen LogP contribution in [0.25, 0.3) is 0 Å². The van der Waals surface area contributed by atoms with Gasteiger partial charge in [-0.1, -0.05) is 78.4 Å². The molecule has 0 N–H and O–H groups in total. The molecule has 0 radical (unpaired) electrons. The van der Waals surface area contributed by atoms with Gasteiger partial charge in [0.15, 0.2) is 0 Å². The molecule has 1 heterocycles. The molecule has 0 saturated carbocycles. The van der Waals surface area contributed by atoms with Crippen LogP contribution in [0, 0.1) is 6.92 Å². The van der Waals surface area contributed by atoms with E-state index in [1.165, 1.54) is 22.4 Å². The Hall–Kier alpha value is -2.54. The zero-order chi connectivity index (χ0) is 14.9. The highest BCUT2D eigenvalue weighted by molar-refractivity contribution is 5.61. The molecule has 3 aromatic carbocycles. The molecule has 1 nitrogen and oxygen atoms in total. The minimum absolute atomic E-state index is 0.436. The van der Waals surface area contributed by atoms with Gasteiger partial charge in [0.05, 0.1) is 12.1 Å². The van der Waals surface area contributed by atoms with Crippen LogP contribution >= 0.6 is 0 Å². The van der Waals surface area contributed by atoms with Gasteiger partial charge in [-0.15, -0.1) is 0 Å². The molecule has 1 saturated heterocycles. The van der Waals surface area contributed by atoms with Gasteiger partial charge in [0.25, 0.3) is 0 Å². The van der Waals surface area contributed by atoms with Crippen LogP contribution < -0.4 is 4.90 Å². The van der Waals surface area contributed by atoms with Gasteiger partial charge in [0.1, 0.15) is 0 Å². The topological polar surface area (TPSA) is 3.01 Å². The summed E-state index contributed by atoms with van der Waals surface area (Å²) >= 11 is 0. The summed E-state index contributed by atoms with van der Waals surface area (Å²) < 4.78 is 0. The Balaban J connectivity index is 1.73. The van der Waals surface area contributed by atoms with Crippen molar-refractivity contribution >= 4 is 5.69 Å². The quantitative estimate of drug-likeness (QED) is 0.590. The molecule has 1 aliphatic heterocycles. The lowest BCUT2D eigenvalue weighted by molar-refractivity contribution is 1.02. The van der Waals surface area contributed by atoms with Gasteiger partial charge in [-0.25, -0.2) is 0 Å². The van der Waals surface area contributed by atoms with Gasteiger partial charge >= 0.3 is 0 Å². The van der Waals surface area contributed by atoms with Gasteiger partial charge in [0.2, 0.25) is 0 Å². The van der Waals surface area contributed by atoms with Crippen molar-refractivity contribution in [2.75, 3.05) is 4.90 Å². The lowest BCUT2D eigenvalue weighted by Crippen LogP contribution is -1.95. The molecule has 0 unspecified atom stereocenters. The Morgan fingerprint density at radius 3 is 1.68 bits per heavy atom. The number of nitrogens with zero attached hydrogens (tertiary/aromatic N) is 1. The predicted molar refractivity (Wildman–Crippen MR) is 92.0 cm³/mol. The molecule has 0 aliphatic carbocycles. The zero-order valence-electron chi connectivity index (χ0n) is 12.7. The Morgan fingerprint density at radius 1 is 0.591 bits per heavy atom. The molecule has 1 fully saturated rings. The second-order valence-electron chi connectivity index (χ2n) is 5.95. The summed E-state index contributed by atoms with van der Waals surface area (Å²) in [7, 11) is 0. The van der Waals surface area contributed by atoms with E-state index in [1.54, 1.807) is 0 Å². The average Bonchev–Trinajstić information content (AvgIpc) is 3.33. The van der Waals surface area contributed by atoms with Crippen molar-refractivity contribution in [3.05, 3.63) is 102 Å². The van der Waals surface area contributed by atoms with Crippen LogP contribution in [0.15, 0.2) is 84.9 Å². The maximum atomic E-state index is 2.50. The molecule has 0 bridgehead atoms. The van der Waals surface area contributed by atoms with Crippen molar-refractivity contribution in [1.82, 2.24) is 0 Å². The summed E-state index contributed by atoms with van der Waals surface area (Å²) in [4.78, 5) is 2.50. The normalized spacial score (nSPS) is 20.0. The van der Waals surface area contributed by atoms with Crippen LogP contribution in [0.5, 0.6) is 0 Å². The highest BCUT2D eigenvalue weighted by Crippen LogP contribution is 2.56. The summed E-state index contributed by atoms with van der Waals surface area (Å²) in [5.74, 6) is 0. The molecule has 108 valence electrons. The van der Waals surface area contributed by atoms with E-state index in [0.29, 0.717) is 12.1 Å². The molecular formula is C21H19N. The molecule has 1 aliphatic rings. The maximum absolute atomic E-state index is 2.50. The van der Waals surface area contributed by atoms with Crippen molar-refractivity contribution in [3.8, 4) is 0 Å². The Morgan fingerprint density at radius 2 is 1.09 bits per heavy atom. The van der Waals surface area contributed by atoms with Gasteiger partial charge in [-0.2, -0.15) is 0 Å². The number of para-hydroxylation sites is 1. The summed E-state index contributed by atoms with van der Waals surface area (Å²) in [6.45, 7) is 2.14. The first-order valence-electron chi connectivity index (χ1n) is 7.79. The van der Waals surface area contributed by atoms with Crippen molar-refractivity contribution in [1.29, 1.82) is 0 Å². The SMILES string of the molecule is Cc1ccc([C@H]2[C@@H](c3ccccc3)N2c2ccccc2)cc1. The van der Waals surface area contributed by atoms with E-state index in [0.717, 1.165) is 0 Å². The maximum Gasteiger partial charge on any atom is 0.0795 e. The smallest absolute Gasteiger partial charge is 0.0795 e. The summed E-state index contributed by atoms with van der Waals surface area (Å²) in [6.07, 6.45) is 0. The van der Waals surface area contributed by atoms with E-state index in [9.17, 15) is 0 Å². The van der Waals surface area contributed by atoms with Crippen molar-refractivity contribution < 1.29 is 0 Å². The van der Waals surface area contributed by atoms with Crippen molar-refractivity contribution in [2.45, 2.75) is 19.0 Å². The lowest BCUT2D eigenvalue weighted by Gasteiger charge is -2.06. The van der Waals surface area contributed by atoms with Crippen LogP contribution in [0.2, 0.25) is 0 Å². The van der Waals surface area contributed by atoms with E-state index in [2.05, 4.69) is 96.8 Å². The monoisotopic (exact) mass is 285 g/mol. The fourth-order valence-corrected chi connectivity index (χ4v) is 3.25. The molecule has 0 aromatic heterocycles. The van der Waals surface area contributed by atoms with E-state index >= 15 is 0 Å². The molecular weight excluding hydrogens is 266 g/mol. The Labute approximate surface area is 131 Å². The summed E-state index contributed by atoms with van der Waals surface area (Å²) in [5.41, 5.74) is 5.38. The number of anilines is 1. The number of benzene rings is 3. The lowest BCUT2D eigenvalue weighted by atomic mass is 10.0. The number of hydrogen-bond donors (Lipinski definition) is 0. The van der Waals surface area contributed by atoms with Gasteiger partial charge in [0, 0.05) is 5.69 Å². The minimum Gasteiger partial charge on any atom is -0.353 e. The van der Waals surface area contributed by atoms with Gasteiger partial charge < -0.3 is 4.90 Å². The van der Waals surface area contributed by atoms with Crippen LogP contribution in [-0.2, 0) is 0 Å². The fourth-order valence-electron chi connectivity index (χ4n) is 3.25. The van der Waals surface area contributed by atoms with Gasteiger partial charge in [-0.05, 0) is 30.2 Å². The van der Waals surface area contributed by atoms with Crippen molar-refractivity contribution in [2.24, 2.45) is 0 Å². The van der Waals surface area contributed by atoms with Crippen LogP contribution in [0.4, 0.5) is 5.69 Å². The molecule has 4 rings (SSSR count). The first-order chi connectivity index (χ1) is 10.8. The second kappa shape index (κ2) is 5.34. The Bertz CT molecular complexity index is 701. The molecule has 1 heteroatoms. The third-order valence-corrected chi connectivity index (χ3v) is 4.42. The predicted octanol–water partition coefficient (Wildman–Crippen LogP) is 5.30. The summed E-state index contributed by atoms with van der Waals surface area (Å²) in [5, 5.41) is 0. The number of aryl methyl sites for hydroxylation is 1. The molecule has 0 spiro atoms. The van der Waals surface area contributed by atoms with E-state index in [1.807, 2.05) is 0 Å². The first kappa shape index (κ1) is 13.1. The van der Waals surface area contributed by atoms with Crippen LogP contribution in [-0.4, -0.2) is 0 Å². The van der Waals surface area contributed by atoms with Gasteiger partial charge in [-0.3, -0.25) is 0 Å². The highest BCUT2D eigenvalue weighted by atomic mass is 15.4. The van der Waals surface area contributed by atoms with Crippen molar-refractivity contribution in [3.63, 3.8) is 0 Å². The van der Waals surface area contributed by atoms with E-state index in [4.69, 9.17) is 0 Å². The molecule has 2 atom stereocenters. The molecule has 22 heavy (non-hydrogen) atoms. The van der Waals surface area contributed by atoms with Crippen LogP contribution in [0.3, 0.4) is 0 Å². The zero-order valence-corrected chi connectivity index (χ0v) is 12.7. The molecule has 3 aromatic rings. The standard InChI is InChI=1S/C21H19N/c1-16-12-14-18(15-13-16)21-20(17-8-4-2-5-9-17)22(21)19-10-6-3-7-11-19/h2-15,20-21H,1H3/t20-,21+,22?/m1/s1. The first-order valence-corrected chi connectivity index (χ1v) is 7.79. The van der Waals surface area contributed by atoms with E-state index in [-0.39, 0.29) is 0 Å². The van der Waals surface area contributed by atoms with Crippen LogP contribution in [0.1, 0.15) is 28.8 Å². The third kappa shape index (κ3) is 2.29. The third-order valence-electron chi connectivity index (χ3n) is 4.42. The molecule has 0 amide bonds. The number of rotatable bonds is 3. The minimum atomic E-state index is 0.436. The Kier molecular flexibility index (Phi) is 3.19. The highest BCUT2D eigenvalue weighted by Gasteiger charge is 2.49. The fraction of sp³-hybridized carbons (Fsp3) is 0.143. The number of hydrogen-bond acceptors (Lipinski definition) is 1.